The molecule has 0 amide bonds. The monoisotopic (exact) mass is 138 g/mol. The van der Waals surface area contributed by atoms with Gasteiger partial charge in [-0.25, -0.2) is 0 Å². The molecule has 0 N–H and O–H groups in total. The zero-order chi connectivity index (χ0) is 7.40. The van der Waals surface area contributed by atoms with Gasteiger partial charge in [-0.3, -0.25) is 4.79 Å². The van der Waals surface area contributed by atoms with E-state index in [0.717, 1.165) is 12.8 Å². The van der Waals surface area contributed by atoms with Crippen LogP contribution in [-0.2, 0) is 9.53 Å². The van der Waals surface area contributed by atoms with Crippen LogP contribution in [0.5, 0.6) is 0 Å². The van der Waals surface area contributed by atoms with E-state index in [9.17, 15) is 4.79 Å². The molecular formula is C8H10O2. The molecule has 2 nitrogen and oxygen atoms in total. The maximum atomic E-state index is 10.5. The molecule has 1 heterocycles. The summed E-state index contributed by atoms with van der Waals surface area (Å²) in [5.41, 5.74) is 0. The zero-order valence-electron chi connectivity index (χ0n) is 6.02. The minimum Gasteiger partial charge on any atom is -0.449 e. The van der Waals surface area contributed by atoms with Crippen LogP contribution in [-0.4, -0.2) is 12.1 Å². The van der Waals surface area contributed by atoms with Crippen molar-refractivity contribution in [3.05, 3.63) is 0 Å². The van der Waals surface area contributed by atoms with Crippen molar-refractivity contribution in [1.29, 1.82) is 0 Å². The van der Waals surface area contributed by atoms with Gasteiger partial charge in [0.05, 0.1) is 6.42 Å². The Bertz CT molecular complexity index is 185. The van der Waals surface area contributed by atoms with Crippen molar-refractivity contribution in [2.24, 2.45) is 0 Å². The van der Waals surface area contributed by atoms with Crippen LogP contribution in [0.25, 0.3) is 0 Å². The summed E-state index contributed by atoms with van der Waals surface area (Å²) in [5.74, 6) is 5.64. The van der Waals surface area contributed by atoms with Crippen LogP contribution in [0.4, 0.5) is 0 Å². The van der Waals surface area contributed by atoms with E-state index < -0.39 is 0 Å². The Kier molecular flexibility index (Phi) is 2.33. The van der Waals surface area contributed by atoms with Crippen LogP contribution in [0.3, 0.4) is 0 Å². The maximum Gasteiger partial charge on any atom is 0.307 e. The van der Waals surface area contributed by atoms with Crippen LogP contribution in [0.15, 0.2) is 0 Å². The molecule has 10 heavy (non-hydrogen) atoms. The third-order valence-electron chi connectivity index (χ3n) is 1.32. The van der Waals surface area contributed by atoms with E-state index in [1.165, 1.54) is 0 Å². The number of esters is 1. The van der Waals surface area contributed by atoms with Crippen LogP contribution >= 0.6 is 0 Å². The Morgan fingerprint density at radius 1 is 1.80 bits per heavy atom. The highest BCUT2D eigenvalue weighted by Gasteiger charge is 2.20. The fraction of sp³-hybridized carbons (Fsp3) is 0.625. The van der Waals surface area contributed by atoms with Crippen molar-refractivity contribution >= 4 is 5.97 Å². The molecule has 0 saturated carbocycles. The molecule has 1 unspecified atom stereocenters. The van der Waals surface area contributed by atoms with Gasteiger partial charge >= 0.3 is 5.97 Å². The molecule has 0 radical (unpaired) electrons. The Balaban J connectivity index is 2.38. The van der Waals surface area contributed by atoms with Gasteiger partial charge in [0, 0.05) is 12.8 Å². The highest BCUT2D eigenvalue weighted by Crippen LogP contribution is 2.11. The molecule has 0 spiro atoms. The molecule has 1 aliphatic heterocycles. The lowest BCUT2D eigenvalue weighted by molar-refractivity contribution is -0.139. The Morgan fingerprint density at radius 2 is 2.60 bits per heavy atom. The predicted molar refractivity (Wildman–Crippen MR) is 37.2 cm³/mol. The van der Waals surface area contributed by atoms with E-state index in [4.69, 9.17) is 4.74 Å². The first-order chi connectivity index (χ1) is 4.83. The van der Waals surface area contributed by atoms with Crippen molar-refractivity contribution in [1.82, 2.24) is 0 Å². The summed E-state index contributed by atoms with van der Waals surface area (Å²) in [5, 5.41) is 0. The Hall–Kier alpha value is -0.970. The van der Waals surface area contributed by atoms with E-state index in [1.54, 1.807) is 0 Å². The highest BCUT2D eigenvalue weighted by molar-refractivity contribution is 5.72. The molecule has 0 aromatic rings. The molecule has 0 aromatic heterocycles. The van der Waals surface area contributed by atoms with Crippen molar-refractivity contribution < 1.29 is 9.53 Å². The van der Waals surface area contributed by atoms with E-state index in [0.29, 0.717) is 6.42 Å². The van der Waals surface area contributed by atoms with Gasteiger partial charge in [-0.15, -0.1) is 0 Å². The van der Waals surface area contributed by atoms with Gasteiger partial charge in [0.1, 0.15) is 0 Å². The lowest BCUT2D eigenvalue weighted by Crippen LogP contribution is -2.02. The second kappa shape index (κ2) is 3.26. The lowest BCUT2D eigenvalue weighted by Gasteiger charge is -1.96. The van der Waals surface area contributed by atoms with E-state index in [2.05, 4.69) is 11.8 Å². The van der Waals surface area contributed by atoms with Crippen LogP contribution in [0.2, 0.25) is 0 Å². The molecule has 0 aliphatic carbocycles. The van der Waals surface area contributed by atoms with Crippen molar-refractivity contribution in [2.75, 3.05) is 0 Å². The van der Waals surface area contributed by atoms with Crippen molar-refractivity contribution in [3.63, 3.8) is 0 Å². The quantitative estimate of drug-likeness (QED) is 0.370. The minimum atomic E-state index is -0.118. The van der Waals surface area contributed by atoms with Crippen LogP contribution in [0, 0.1) is 11.8 Å². The SMILES string of the molecule is CCC#CC1CCC(=O)O1. The predicted octanol–water partition coefficient (Wildman–Crippen LogP) is 1.11. The fourth-order valence-electron chi connectivity index (χ4n) is 0.843. The summed E-state index contributed by atoms with van der Waals surface area (Å²) < 4.78 is 4.85. The smallest absolute Gasteiger partial charge is 0.307 e. The van der Waals surface area contributed by atoms with Crippen LogP contribution < -0.4 is 0 Å². The lowest BCUT2D eigenvalue weighted by atomic mass is 10.2. The number of hydrogen-bond donors (Lipinski definition) is 0. The minimum absolute atomic E-state index is 0.115. The first kappa shape index (κ1) is 7.14. The third-order valence-corrected chi connectivity index (χ3v) is 1.32. The van der Waals surface area contributed by atoms with Gasteiger partial charge in [0.25, 0.3) is 0 Å². The van der Waals surface area contributed by atoms with Crippen molar-refractivity contribution in [2.45, 2.75) is 32.3 Å². The molecule has 54 valence electrons. The summed E-state index contributed by atoms with van der Waals surface area (Å²) in [6.45, 7) is 1.98. The normalized spacial score (nSPS) is 23.3. The topological polar surface area (TPSA) is 26.3 Å². The first-order valence-electron chi connectivity index (χ1n) is 3.51. The Morgan fingerprint density at radius 3 is 3.10 bits per heavy atom. The second-order valence-electron chi connectivity index (χ2n) is 2.19. The largest absolute Gasteiger partial charge is 0.449 e. The highest BCUT2D eigenvalue weighted by atomic mass is 16.5. The van der Waals surface area contributed by atoms with E-state index in [1.807, 2.05) is 6.92 Å². The molecule has 0 aromatic carbocycles. The molecule has 1 saturated heterocycles. The zero-order valence-corrected chi connectivity index (χ0v) is 6.02. The Labute approximate surface area is 60.6 Å². The summed E-state index contributed by atoms with van der Waals surface area (Å²) in [7, 11) is 0. The summed E-state index contributed by atoms with van der Waals surface area (Å²) in [6, 6.07) is 0. The molecule has 0 bridgehead atoms. The van der Waals surface area contributed by atoms with Gasteiger partial charge in [-0.1, -0.05) is 18.8 Å². The molecule has 1 atom stereocenters. The van der Waals surface area contributed by atoms with Gasteiger partial charge in [-0.05, 0) is 0 Å². The van der Waals surface area contributed by atoms with Gasteiger partial charge < -0.3 is 4.74 Å². The second-order valence-corrected chi connectivity index (χ2v) is 2.19. The standard InChI is InChI=1S/C8H10O2/c1-2-3-4-7-5-6-8(9)10-7/h7H,2,5-6H2,1H3. The molecule has 2 heteroatoms. The van der Waals surface area contributed by atoms with E-state index in [-0.39, 0.29) is 12.1 Å². The van der Waals surface area contributed by atoms with Gasteiger partial charge in [0.15, 0.2) is 6.10 Å². The number of carbonyl (C=O) groups is 1. The molecule has 1 aliphatic rings. The van der Waals surface area contributed by atoms with Gasteiger partial charge in [0.2, 0.25) is 0 Å². The van der Waals surface area contributed by atoms with Crippen LogP contribution in [0.1, 0.15) is 26.2 Å². The summed E-state index contributed by atoms with van der Waals surface area (Å²) >= 11 is 0. The van der Waals surface area contributed by atoms with E-state index >= 15 is 0 Å². The van der Waals surface area contributed by atoms with Gasteiger partial charge in [-0.2, -0.15) is 0 Å². The number of rotatable bonds is 0. The molecule has 1 fully saturated rings. The third kappa shape index (κ3) is 1.77. The number of hydrogen-bond acceptors (Lipinski definition) is 2. The molecular weight excluding hydrogens is 128 g/mol. The number of ether oxygens (including phenoxy) is 1. The average molecular weight is 138 g/mol. The number of carbonyl (C=O) groups excluding carboxylic acids is 1. The first-order valence-corrected chi connectivity index (χ1v) is 3.51. The fourth-order valence-corrected chi connectivity index (χ4v) is 0.843. The maximum absolute atomic E-state index is 10.5. The average Bonchev–Trinajstić information content (AvgIpc) is 2.31. The molecule has 1 rings (SSSR count). The van der Waals surface area contributed by atoms with Crippen molar-refractivity contribution in [3.8, 4) is 11.8 Å². The summed E-state index contributed by atoms with van der Waals surface area (Å²) in [4.78, 5) is 10.5. The number of cyclic esters (lactones) is 1. The summed E-state index contributed by atoms with van der Waals surface area (Å²) in [6.07, 6.45) is 2.01.